The molecule has 0 spiro atoms. The maximum absolute atomic E-state index is 13.3. The van der Waals surface area contributed by atoms with Crippen LogP contribution in [0.4, 0.5) is 30.2 Å². The summed E-state index contributed by atoms with van der Waals surface area (Å²) in [5.41, 5.74) is 2.96. The number of quaternary nitrogens is 1. The second kappa shape index (κ2) is 11.0. The molecule has 0 unspecified atom stereocenters. The van der Waals surface area contributed by atoms with E-state index in [1.807, 2.05) is 94.5 Å². The van der Waals surface area contributed by atoms with Crippen LogP contribution < -0.4 is 10.2 Å². The van der Waals surface area contributed by atoms with Crippen molar-refractivity contribution in [2.24, 2.45) is 0 Å². The minimum Gasteiger partial charge on any atom is -0.347 e. The number of non-ortho nitro benzene ring substituents is 1. The molecule has 0 fully saturated rings. The summed E-state index contributed by atoms with van der Waals surface area (Å²) >= 11 is 0. The lowest BCUT2D eigenvalue weighted by Crippen LogP contribution is -2.73. The molecule has 38 heavy (non-hydrogen) atoms. The van der Waals surface area contributed by atoms with Gasteiger partial charge in [-0.15, -0.1) is 0 Å². The van der Waals surface area contributed by atoms with Gasteiger partial charge in [-0.25, -0.2) is 0 Å². The van der Waals surface area contributed by atoms with Gasteiger partial charge in [-0.2, -0.15) is 13.2 Å². The molecule has 0 saturated carbocycles. The number of nitrogens with two attached hydrogens (primary N) is 1. The van der Waals surface area contributed by atoms with Gasteiger partial charge in [0.05, 0.1) is 17.5 Å². The van der Waals surface area contributed by atoms with Crippen molar-refractivity contribution in [2.75, 3.05) is 19.0 Å². The summed E-state index contributed by atoms with van der Waals surface area (Å²) in [5, 5.41) is 13.0. The molecular weight excluding hydrogens is 491 g/mol. The lowest BCUT2D eigenvalue weighted by molar-refractivity contribution is -0.540. The number of rotatable bonds is 8. The summed E-state index contributed by atoms with van der Waals surface area (Å²) in [6.45, 7) is 7.99. The summed E-state index contributed by atoms with van der Waals surface area (Å²) in [6, 6.07) is 8.87. The number of nitro benzene ring substituents is 1. The normalized spacial score (nSPS) is 16.9. The van der Waals surface area contributed by atoms with Gasteiger partial charge in [-0.05, 0) is 47.7 Å². The molecule has 202 valence electrons. The lowest BCUT2D eigenvalue weighted by atomic mass is 9.79. The van der Waals surface area contributed by atoms with Gasteiger partial charge in [0.15, 0.2) is 0 Å². The highest BCUT2D eigenvalue weighted by atomic mass is 19.4. The monoisotopic (exact) mass is 526 g/mol. The van der Waals surface area contributed by atoms with E-state index in [0.29, 0.717) is 12.0 Å². The van der Waals surface area contributed by atoms with Crippen molar-refractivity contribution in [1.82, 2.24) is 0 Å². The highest BCUT2D eigenvalue weighted by Gasteiger charge is 2.39. The van der Waals surface area contributed by atoms with E-state index in [2.05, 4.69) is 0 Å². The maximum atomic E-state index is 13.3. The first-order valence-corrected chi connectivity index (χ1v) is 12.4. The van der Waals surface area contributed by atoms with Gasteiger partial charge in [0, 0.05) is 41.5 Å². The Hall–Kier alpha value is -3.65. The Balaban J connectivity index is 1.67. The zero-order valence-electron chi connectivity index (χ0n) is 22.6. The van der Waals surface area contributed by atoms with Crippen molar-refractivity contribution in [3.63, 3.8) is 0 Å². The average molecular weight is 527 g/mol. The minimum absolute atomic E-state index is 0.0806. The molecule has 0 atom stereocenters. The van der Waals surface area contributed by atoms with Crippen LogP contribution in [-0.2, 0) is 17.0 Å². The molecule has 2 aromatic rings. The highest BCUT2D eigenvalue weighted by Crippen LogP contribution is 2.48. The van der Waals surface area contributed by atoms with Gasteiger partial charge >= 0.3 is 6.18 Å². The van der Waals surface area contributed by atoms with E-state index >= 15 is 0 Å². The van der Waals surface area contributed by atoms with E-state index < -0.39 is 17.2 Å². The third-order valence-electron chi connectivity index (χ3n) is 7.11. The van der Waals surface area contributed by atoms with Crippen LogP contribution >= 0.6 is 0 Å². The third-order valence-corrected chi connectivity index (χ3v) is 7.11. The molecule has 1 aliphatic rings. The topological polar surface area (TPSA) is 63.0 Å². The van der Waals surface area contributed by atoms with Gasteiger partial charge in [-0.1, -0.05) is 64.2 Å². The number of likely N-dealkylation sites (N-methyl/N-ethyl adjacent to an activating group) is 1. The number of nitrogens with zero attached hydrogens (tertiary/aromatic N) is 2. The molecule has 8 heteroatoms. The van der Waals surface area contributed by atoms with Gasteiger partial charge in [0.2, 0.25) is 0 Å². The molecule has 3 rings (SSSR count). The fraction of sp³-hybridized carbons (Fsp3) is 0.333. The fourth-order valence-corrected chi connectivity index (χ4v) is 4.90. The summed E-state index contributed by atoms with van der Waals surface area (Å²) in [5.74, 6) is 0. The summed E-state index contributed by atoms with van der Waals surface area (Å²) in [6.07, 6.45) is 9.64. The van der Waals surface area contributed by atoms with Crippen molar-refractivity contribution in [3.8, 4) is 0 Å². The highest BCUT2D eigenvalue weighted by molar-refractivity contribution is 5.72. The van der Waals surface area contributed by atoms with Crippen molar-refractivity contribution in [1.29, 1.82) is 0 Å². The Morgan fingerprint density at radius 2 is 1.68 bits per heavy atom. The first kappa shape index (κ1) is 28.9. The average Bonchev–Trinajstić information content (AvgIpc) is 3.04. The van der Waals surface area contributed by atoms with Crippen LogP contribution in [0, 0.1) is 10.1 Å². The van der Waals surface area contributed by atoms with Gasteiger partial charge in [0.1, 0.15) is 5.69 Å². The van der Waals surface area contributed by atoms with Crippen LogP contribution in [0.1, 0.15) is 50.8 Å². The predicted molar refractivity (Wildman–Crippen MR) is 147 cm³/mol. The van der Waals surface area contributed by atoms with Crippen LogP contribution in [0.2, 0.25) is 0 Å². The SMILES string of the molecule is C[NH2+]c1ccc(C(F)(F)F)cc1C(C)(C)C/C=C/C=C/C=C/C=C1/N(C)c2ccc([N+](=O)[O-])cc2C1(C)C. The Labute approximate surface area is 222 Å². The smallest absolute Gasteiger partial charge is 0.347 e. The van der Waals surface area contributed by atoms with Gasteiger partial charge < -0.3 is 10.2 Å². The van der Waals surface area contributed by atoms with Crippen molar-refractivity contribution >= 4 is 17.1 Å². The molecule has 1 heterocycles. The number of benzene rings is 2. The van der Waals surface area contributed by atoms with Crippen LogP contribution in [-0.4, -0.2) is 19.0 Å². The zero-order chi connectivity index (χ0) is 28.3. The molecule has 5 nitrogen and oxygen atoms in total. The standard InChI is InChI=1S/C30H34F3N3O2/c1-28(2,23-19-21(30(31,32)33)14-16-25(23)34-5)18-12-10-8-7-9-11-13-27-29(3,4)24-20-22(36(37)38)15-17-26(24)35(27)6/h7-17,19-20,34H,18H2,1-6H3/p+1/b8-7+,11-9+,12-10+,27-13+. The fourth-order valence-electron chi connectivity index (χ4n) is 4.90. The predicted octanol–water partition coefficient (Wildman–Crippen LogP) is 7.09. The molecule has 0 saturated heterocycles. The van der Waals surface area contributed by atoms with E-state index in [1.54, 1.807) is 12.1 Å². The number of alkyl halides is 3. The van der Waals surface area contributed by atoms with E-state index in [9.17, 15) is 23.3 Å². The second-order valence-corrected chi connectivity index (χ2v) is 10.6. The molecular formula is C30H35F3N3O2+. The van der Waals surface area contributed by atoms with E-state index in [4.69, 9.17) is 0 Å². The first-order chi connectivity index (χ1) is 17.7. The van der Waals surface area contributed by atoms with E-state index in [1.165, 1.54) is 18.2 Å². The number of anilines is 1. The molecule has 2 N–H and O–H groups in total. The summed E-state index contributed by atoms with van der Waals surface area (Å²) in [4.78, 5) is 12.9. The summed E-state index contributed by atoms with van der Waals surface area (Å²) in [7, 11) is 3.78. The minimum atomic E-state index is -4.37. The van der Waals surface area contributed by atoms with Crippen LogP contribution in [0.25, 0.3) is 0 Å². The maximum Gasteiger partial charge on any atom is 0.416 e. The Bertz CT molecular complexity index is 1320. The van der Waals surface area contributed by atoms with Gasteiger partial charge in [0.25, 0.3) is 5.69 Å². The van der Waals surface area contributed by atoms with Crippen molar-refractivity contribution < 1.29 is 23.4 Å². The number of hydrogen-bond donors (Lipinski definition) is 1. The number of allylic oxidation sites excluding steroid dienone is 8. The molecule has 1 aliphatic heterocycles. The Morgan fingerprint density at radius 1 is 1.03 bits per heavy atom. The lowest BCUT2D eigenvalue weighted by Gasteiger charge is -2.25. The first-order valence-electron chi connectivity index (χ1n) is 12.4. The molecule has 0 aromatic heterocycles. The van der Waals surface area contributed by atoms with E-state index in [-0.39, 0.29) is 16.0 Å². The second-order valence-electron chi connectivity index (χ2n) is 10.6. The Kier molecular flexibility index (Phi) is 8.36. The Morgan fingerprint density at radius 3 is 2.32 bits per heavy atom. The number of halogens is 3. The largest absolute Gasteiger partial charge is 0.416 e. The van der Waals surface area contributed by atoms with Crippen molar-refractivity contribution in [2.45, 2.75) is 51.1 Å². The van der Waals surface area contributed by atoms with Crippen LogP contribution in [0.15, 0.2) is 84.6 Å². The van der Waals surface area contributed by atoms with Crippen LogP contribution in [0.3, 0.4) is 0 Å². The van der Waals surface area contributed by atoms with Crippen LogP contribution in [0.5, 0.6) is 0 Å². The zero-order valence-corrected chi connectivity index (χ0v) is 22.6. The molecule has 0 amide bonds. The van der Waals surface area contributed by atoms with Crippen molar-refractivity contribution in [3.05, 3.63) is 111 Å². The molecule has 0 radical (unpaired) electrons. The third kappa shape index (κ3) is 6.07. The van der Waals surface area contributed by atoms with Gasteiger partial charge in [-0.3, -0.25) is 10.1 Å². The quantitative estimate of drug-likeness (QED) is 0.173. The molecule has 0 aliphatic carbocycles. The van der Waals surface area contributed by atoms with E-state index in [0.717, 1.165) is 28.7 Å². The number of hydrogen-bond acceptors (Lipinski definition) is 3. The summed E-state index contributed by atoms with van der Waals surface area (Å²) < 4.78 is 39.8. The molecule has 2 aromatic carbocycles. The molecule has 0 bridgehead atoms. The number of fused-ring (bicyclic) bond motifs is 1. The number of nitro groups is 1.